The summed E-state index contributed by atoms with van der Waals surface area (Å²) in [6.45, 7) is 5.56. The molecule has 2 rings (SSSR count). The van der Waals surface area contributed by atoms with Gasteiger partial charge in [-0.3, -0.25) is 4.99 Å². The second-order valence-electron chi connectivity index (χ2n) is 6.94. The first-order chi connectivity index (χ1) is 12.0. The molecule has 1 aliphatic heterocycles. The molecule has 0 bridgehead atoms. The van der Waals surface area contributed by atoms with Gasteiger partial charge in [-0.25, -0.2) is 0 Å². The number of thioether (sulfide) groups is 1. The number of aliphatic imine (C=N–C) groups is 1. The average molecular weight is 492 g/mol. The van der Waals surface area contributed by atoms with Crippen molar-refractivity contribution in [3.63, 3.8) is 0 Å². The van der Waals surface area contributed by atoms with Crippen molar-refractivity contribution < 1.29 is 4.74 Å². The smallest absolute Gasteiger partial charge is 0.191 e. The molecule has 148 valence electrons. The van der Waals surface area contributed by atoms with Crippen molar-refractivity contribution in [2.24, 2.45) is 4.99 Å². The zero-order chi connectivity index (χ0) is 18.1. The lowest BCUT2D eigenvalue weighted by molar-refractivity contribution is 0.259. The Hall–Kier alpha value is -0.670. The molecule has 1 saturated heterocycles. The maximum atomic E-state index is 5.93. The second kappa shape index (κ2) is 11.9. The van der Waals surface area contributed by atoms with Crippen molar-refractivity contribution in [1.82, 2.24) is 15.5 Å². The number of likely N-dealkylation sites (N-methyl/N-ethyl adjacent to an activating group) is 1. The minimum absolute atomic E-state index is 0. The topological polar surface area (TPSA) is 48.9 Å². The van der Waals surface area contributed by atoms with E-state index in [4.69, 9.17) is 4.74 Å². The van der Waals surface area contributed by atoms with E-state index in [9.17, 15) is 0 Å². The van der Waals surface area contributed by atoms with Crippen LogP contribution in [0.5, 0.6) is 5.75 Å². The monoisotopic (exact) mass is 492 g/mol. The van der Waals surface area contributed by atoms with Crippen molar-refractivity contribution in [2.45, 2.75) is 31.1 Å². The van der Waals surface area contributed by atoms with E-state index >= 15 is 0 Å². The first-order valence-corrected chi connectivity index (χ1v) is 9.95. The average Bonchev–Trinajstić information content (AvgIpc) is 3.03. The van der Waals surface area contributed by atoms with Crippen LogP contribution in [0.2, 0.25) is 0 Å². The number of ether oxygens (including phenoxy) is 1. The van der Waals surface area contributed by atoms with Crippen molar-refractivity contribution >= 4 is 41.7 Å². The number of para-hydroxylation sites is 1. The van der Waals surface area contributed by atoms with Crippen molar-refractivity contribution in [3.05, 3.63) is 29.8 Å². The van der Waals surface area contributed by atoms with Gasteiger partial charge in [0, 0.05) is 37.0 Å². The highest BCUT2D eigenvalue weighted by molar-refractivity contribution is 14.0. The highest BCUT2D eigenvalue weighted by Crippen LogP contribution is 2.36. The third-order valence-electron chi connectivity index (χ3n) is 4.37. The molecule has 0 saturated carbocycles. The molecular formula is C19H33IN4OS. The van der Waals surface area contributed by atoms with Crippen LogP contribution < -0.4 is 15.4 Å². The molecule has 1 heterocycles. The van der Waals surface area contributed by atoms with E-state index in [1.807, 2.05) is 25.2 Å². The van der Waals surface area contributed by atoms with E-state index in [0.29, 0.717) is 17.9 Å². The van der Waals surface area contributed by atoms with Gasteiger partial charge in [0.25, 0.3) is 0 Å². The first kappa shape index (κ1) is 23.4. The van der Waals surface area contributed by atoms with Gasteiger partial charge in [0.05, 0.1) is 0 Å². The lowest BCUT2D eigenvalue weighted by Gasteiger charge is -2.24. The Labute approximate surface area is 179 Å². The lowest BCUT2D eigenvalue weighted by Crippen LogP contribution is -2.43. The SMILES string of the molecule is CN=C(NCc1ccccc1OCCN(C)C)NCC1(C)CCCS1.I. The summed E-state index contributed by atoms with van der Waals surface area (Å²) in [5.74, 6) is 3.05. The molecule has 1 aliphatic rings. The van der Waals surface area contributed by atoms with Gasteiger partial charge in [0.15, 0.2) is 5.96 Å². The number of benzene rings is 1. The summed E-state index contributed by atoms with van der Waals surface area (Å²) >= 11 is 2.06. The molecule has 26 heavy (non-hydrogen) atoms. The Bertz CT molecular complexity index is 562. The minimum Gasteiger partial charge on any atom is -0.492 e. The summed E-state index contributed by atoms with van der Waals surface area (Å²) in [5, 5.41) is 6.88. The number of rotatable bonds is 8. The van der Waals surface area contributed by atoms with Crippen LogP contribution in [-0.2, 0) is 6.54 Å². The van der Waals surface area contributed by atoms with E-state index < -0.39 is 0 Å². The van der Waals surface area contributed by atoms with Crippen molar-refractivity contribution in [3.8, 4) is 5.75 Å². The molecule has 1 aromatic carbocycles. The normalized spacial score (nSPS) is 20.0. The Kier molecular flexibility index (Phi) is 10.7. The molecule has 0 aromatic heterocycles. The largest absolute Gasteiger partial charge is 0.492 e. The van der Waals surface area contributed by atoms with Crippen LogP contribution in [0.1, 0.15) is 25.3 Å². The van der Waals surface area contributed by atoms with E-state index in [1.54, 1.807) is 0 Å². The summed E-state index contributed by atoms with van der Waals surface area (Å²) in [6.07, 6.45) is 2.58. The van der Waals surface area contributed by atoms with E-state index in [2.05, 4.69) is 59.4 Å². The van der Waals surface area contributed by atoms with E-state index in [-0.39, 0.29) is 24.0 Å². The maximum absolute atomic E-state index is 5.93. The Morgan fingerprint density at radius 3 is 2.73 bits per heavy atom. The first-order valence-electron chi connectivity index (χ1n) is 8.96. The fourth-order valence-electron chi connectivity index (χ4n) is 2.78. The fourth-order valence-corrected chi connectivity index (χ4v) is 4.02. The van der Waals surface area contributed by atoms with Gasteiger partial charge in [0.2, 0.25) is 0 Å². The van der Waals surface area contributed by atoms with Gasteiger partial charge >= 0.3 is 0 Å². The zero-order valence-corrected chi connectivity index (χ0v) is 19.5. The molecule has 0 spiro atoms. The molecule has 1 fully saturated rings. The Morgan fingerprint density at radius 1 is 1.31 bits per heavy atom. The van der Waals surface area contributed by atoms with E-state index in [1.165, 1.54) is 18.6 Å². The predicted molar refractivity (Wildman–Crippen MR) is 124 cm³/mol. The quantitative estimate of drug-likeness (QED) is 0.332. The van der Waals surface area contributed by atoms with Gasteiger partial charge in [-0.1, -0.05) is 18.2 Å². The maximum Gasteiger partial charge on any atom is 0.191 e. The van der Waals surface area contributed by atoms with Gasteiger partial charge in [-0.15, -0.1) is 24.0 Å². The third kappa shape index (κ3) is 7.92. The van der Waals surface area contributed by atoms with Gasteiger partial charge in [0.1, 0.15) is 12.4 Å². The lowest BCUT2D eigenvalue weighted by atomic mass is 10.1. The van der Waals surface area contributed by atoms with Crippen molar-refractivity contribution in [1.29, 1.82) is 0 Å². The standard InChI is InChI=1S/C19H32N4OS.HI/c1-19(10-7-13-25-19)15-22-18(20-2)21-14-16-8-5-6-9-17(16)24-12-11-23(3)4;/h5-6,8-9H,7,10-15H2,1-4H3,(H2,20,21,22);1H. The predicted octanol–water partition coefficient (Wildman–Crippen LogP) is 3.20. The summed E-state index contributed by atoms with van der Waals surface area (Å²) in [4.78, 5) is 6.47. The minimum atomic E-state index is 0. The summed E-state index contributed by atoms with van der Waals surface area (Å²) in [6, 6.07) is 8.18. The molecule has 1 aromatic rings. The number of nitrogens with zero attached hydrogens (tertiary/aromatic N) is 2. The molecule has 0 radical (unpaired) electrons. The van der Waals surface area contributed by atoms with Crippen LogP contribution in [0.15, 0.2) is 29.3 Å². The number of hydrogen-bond donors (Lipinski definition) is 2. The van der Waals surface area contributed by atoms with Crippen LogP contribution in [0.25, 0.3) is 0 Å². The summed E-state index contributed by atoms with van der Waals surface area (Å²) < 4.78 is 6.25. The number of guanidine groups is 1. The van der Waals surface area contributed by atoms with Gasteiger partial charge in [-0.2, -0.15) is 11.8 Å². The molecular weight excluding hydrogens is 459 g/mol. The molecule has 0 aliphatic carbocycles. The molecule has 7 heteroatoms. The highest BCUT2D eigenvalue weighted by Gasteiger charge is 2.29. The highest BCUT2D eigenvalue weighted by atomic mass is 127. The summed E-state index contributed by atoms with van der Waals surface area (Å²) in [5.41, 5.74) is 1.14. The molecule has 1 unspecified atom stereocenters. The van der Waals surface area contributed by atoms with Crippen LogP contribution >= 0.6 is 35.7 Å². The van der Waals surface area contributed by atoms with Crippen LogP contribution in [-0.4, -0.2) is 62.2 Å². The Balaban J connectivity index is 0.00000338. The Morgan fingerprint density at radius 2 is 2.08 bits per heavy atom. The van der Waals surface area contributed by atoms with Crippen molar-refractivity contribution in [2.75, 3.05) is 46.6 Å². The second-order valence-corrected chi connectivity index (χ2v) is 8.62. The molecule has 1 atom stereocenters. The van der Waals surface area contributed by atoms with Crippen LogP contribution in [0.3, 0.4) is 0 Å². The summed E-state index contributed by atoms with van der Waals surface area (Å²) in [7, 11) is 5.92. The number of hydrogen-bond acceptors (Lipinski definition) is 4. The third-order valence-corrected chi connectivity index (χ3v) is 5.91. The fraction of sp³-hybridized carbons (Fsp3) is 0.632. The zero-order valence-electron chi connectivity index (χ0n) is 16.4. The molecule has 5 nitrogen and oxygen atoms in total. The number of halogens is 1. The van der Waals surface area contributed by atoms with E-state index in [0.717, 1.165) is 30.4 Å². The van der Waals surface area contributed by atoms with Crippen LogP contribution in [0.4, 0.5) is 0 Å². The van der Waals surface area contributed by atoms with Gasteiger partial charge in [-0.05, 0) is 45.7 Å². The number of nitrogens with one attached hydrogen (secondary N) is 2. The molecule has 2 N–H and O–H groups in total. The van der Waals surface area contributed by atoms with Crippen LogP contribution in [0, 0.1) is 0 Å². The molecule has 0 amide bonds. The van der Waals surface area contributed by atoms with Gasteiger partial charge < -0.3 is 20.3 Å².